The van der Waals surface area contributed by atoms with Crippen LogP contribution in [-0.2, 0) is 17.8 Å². The third-order valence-electron chi connectivity index (χ3n) is 3.94. The molecule has 0 atom stereocenters. The Balaban J connectivity index is 1.73. The first kappa shape index (κ1) is 14.6. The van der Waals surface area contributed by atoms with Gasteiger partial charge in [0, 0.05) is 30.5 Å². The molecule has 1 aromatic carbocycles. The van der Waals surface area contributed by atoms with Crippen molar-refractivity contribution in [3.05, 3.63) is 59.9 Å². The maximum atomic E-state index is 12.7. The molecule has 1 aromatic heterocycles. The molecule has 0 saturated heterocycles. The van der Waals surface area contributed by atoms with Crippen molar-refractivity contribution in [3.8, 4) is 5.75 Å². The van der Waals surface area contributed by atoms with E-state index < -0.39 is 0 Å². The average molecular weight is 296 g/mol. The highest BCUT2D eigenvalue weighted by molar-refractivity contribution is 5.80. The van der Waals surface area contributed by atoms with Crippen LogP contribution >= 0.6 is 0 Å². The van der Waals surface area contributed by atoms with E-state index in [0.717, 1.165) is 29.7 Å². The summed E-state index contributed by atoms with van der Waals surface area (Å²) >= 11 is 0. The van der Waals surface area contributed by atoms with Gasteiger partial charge in [0.05, 0.1) is 13.5 Å². The van der Waals surface area contributed by atoms with Crippen molar-refractivity contribution in [3.63, 3.8) is 0 Å². The highest BCUT2D eigenvalue weighted by Gasteiger charge is 2.32. The predicted molar refractivity (Wildman–Crippen MR) is 84.5 cm³/mol. The number of para-hydroxylation sites is 1. The van der Waals surface area contributed by atoms with Crippen LogP contribution in [0.15, 0.2) is 48.8 Å². The Labute approximate surface area is 130 Å². The lowest BCUT2D eigenvalue weighted by Gasteiger charge is -2.23. The van der Waals surface area contributed by atoms with Crippen molar-refractivity contribution in [2.24, 2.45) is 0 Å². The quantitative estimate of drug-likeness (QED) is 0.823. The van der Waals surface area contributed by atoms with Crippen LogP contribution in [0.2, 0.25) is 0 Å². The van der Waals surface area contributed by atoms with E-state index in [9.17, 15) is 4.79 Å². The number of hydrogen-bond donors (Lipinski definition) is 0. The van der Waals surface area contributed by atoms with Crippen LogP contribution in [0.25, 0.3) is 0 Å². The van der Waals surface area contributed by atoms with Crippen molar-refractivity contribution in [2.45, 2.75) is 31.8 Å². The largest absolute Gasteiger partial charge is 0.496 e. The zero-order valence-corrected chi connectivity index (χ0v) is 12.7. The highest BCUT2D eigenvalue weighted by Crippen LogP contribution is 2.29. The van der Waals surface area contributed by atoms with E-state index in [1.807, 2.05) is 41.3 Å². The van der Waals surface area contributed by atoms with Crippen molar-refractivity contribution in [2.75, 3.05) is 7.11 Å². The summed E-state index contributed by atoms with van der Waals surface area (Å²) in [5.41, 5.74) is 2.06. The van der Waals surface area contributed by atoms with Gasteiger partial charge in [0.1, 0.15) is 5.75 Å². The zero-order chi connectivity index (χ0) is 15.4. The molecule has 0 radical (unpaired) electrons. The number of benzene rings is 1. The maximum absolute atomic E-state index is 12.7. The molecule has 0 spiro atoms. The number of amides is 1. The third-order valence-corrected chi connectivity index (χ3v) is 3.94. The molecule has 3 rings (SSSR count). The minimum absolute atomic E-state index is 0.156. The summed E-state index contributed by atoms with van der Waals surface area (Å²) in [6.45, 7) is 0.654. The molecule has 22 heavy (non-hydrogen) atoms. The second-order valence-electron chi connectivity index (χ2n) is 5.60. The van der Waals surface area contributed by atoms with Gasteiger partial charge in [-0.05, 0) is 36.6 Å². The fourth-order valence-corrected chi connectivity index (χ4v) is 2.61. The van der Waals surface area contributed by atoms with Crippen molar-refractivity contribution in [1.29, 1.82) is 0 Å². The van der Waals surface area contributed by atoms with Gasteiger partial charge in [0.25, 0.3) is 0 Å². The average Bonchev–Trinajstić information content (AvgIpc) is 3.39. The molecule has 1 heterocycles. The first-order valence-corrected chi connectivity index (χ1v) is 7.58. The molecule has 1 aliphatic carbocycles. The number of carbonyl (C=O) groups is 1. The topological polar surface area (TPSA) is 42.4 Å². The van der Waals surface area contributed by atoms with Gasteiger partial charge in [-0.2, -0.15) is 0 Å². The molecule has 0 aliphatic heterocycles. The van der Waals surface area contributed by atoms with Gasteiger partial charge in [0.2, 0.25) is 5.91 Å². The Morgan fingerprint density at radius 1 is 1.23 bits per heavy atom. The Morgan fingerprint density at radius 2 is 1.95 bits per heavy atom. The first-order valence-electron chi connectivity index (χ1n) is 7.58. The van der Waals surface area contributed by atoms with Gasteiger partial charge in [-0.25, -0.2) is 0 Å². The van der Waals surface area contributed by atoms with Gasteiger partial charge in [0.15, 0.2) is 0 Å². The molecule has 0 N–H and O–H groups in total. The Kier molecular flexibility index (Phi) is 4.37. The zero-order valence-electron chi connectivity index (χ0n) is 12.7. The molecular weight excluding hydrogens is 276 g/mol. The number of aromatic nitrogens is 1. The van der Waals surface area contributed by atoms with Crippen LogP contribution in [0, 0.1) is 0 Å². The molecule has 4 heteroatoms. The molecule has 2 aromatic rings. The number of ether oxygens (including phenoxy) is 1. The Bertz CT molecular complexity index is 639. The standard InChI is InChI=1S/C18H20N2O2/c1-22-17-5-3-2-4-15(17)12-18(21)20(16-6-7-16)13-14-8-10-19-11-9-14/h2-5,8-11,16H,6-7,12-13H2,1H3. The predicted octanol–water partition coefficient (Wildman–Crippen LogP) is 2.82. The van der Waals surface area contributed by atoms with E-state index in [1.165, 1.54) is 0 Å². The van der Waals surface area contributed by atoms with Gasteiger partial charge >= 0.3 is 0 Å². The smallest absolute Gasteiger partial charge is 0.227 e. The fourth-order valence-electron chi connectivity index (χ4n) is 2.61. The summed E-state index contributed by atoms with van der Waals surface area (Å²) in [6.07, 6.45) is 6.12. The molecule has 1 saturated carbocycles. The van der Waals surface area contributed by atoms with Crippen LogP contribution in [0.4, 0.5) is 0 Å². The monoisotopic (exact) mass is 296 g/mol. The lowest BCUT2D eigenvalue weighted by molar-refractivity contribution is -0.131. The van der Waals surface area contributed by atoms with E-state index in [4.69, 9.17) is 4.74 Å². The second kappa shape index (κ2) is 6.60. The summed E-state index contributed by atoms with van der Waals surface area (Å²) in [5.74, 6) is 0.930. The number of methoxy groups -OCH3 is 1. The fraction of sp³-hybridized carbons (Fsp3) is 0.333. The lowest BCUT2D eigenvalue weighted by atomic mass is 10.1. The van der Waals surface area contributed by atoms with Crippen molar-refractivity contribution in [1.82, 2.24) is 9.88 Å². The van der Waals surface area contributed by atoms with E-state index in [-0.39, 0.29) is 5.91 Å². The third kappa shape index (κ3) is 3.45. The van der Waals surface area contributed by atoms with E-state index in [2.05, 4.69) is 4.98 Å². The van der Waals surface area contributed by atoms with Gasteiger partial charge in [-0.1, -0.05) is 18.2 Å². The first-order chi connectivity index (χ1) is 10.8. The second-order valence-corrected chi connectivity index (χ2v) is 5.60. The Morgan fingerprint density at radius 3 is 2.64 bits per heavy atom. The summed E-state index contributed by atoms with van der Waals surface area (Å²) in [4.78, 5) is 18.7. The molecule has 0 bridgehead atoms. The summed E-state index contributed by atoms with van der Waals surface area (Å²) in [7, 11) is 1.64. The van der Waals surface area contributed by atoms with Gasteiger partial charge < -0.3 is 9.64 Å². The van der Waals surface area contributed by atoms with Gasteiger partial charge in [-0.3, -0.25) is 9.78 Å². The molecule has 4 nitrogen and oxygen atoms in total. The highest BCUT2D eigenvalue weighted by atomic mass is 16.5. The SMILES string of the molecule is COc1ccccc1CC(=O)N(Cc1ccncc1)C1CC1. The summed E-state index contributed by atoms with van der Waals surface area (Å²) in [5, 5.41) is 0. The van der Waals surface area contributed by atoms with E-state index in [0.29, 0.717) is 19.0 Å². The molecule has 0 unspecified atom stereocenters. The van der Waals surface area contributed by atoms with E-state index in [1.54, 1.807) is 19.5 Å². The number of carbonyl (C=O) groups excluding carboxylic acids is 1. The minimum Gasteiger partial charge on any atom is -0.496 e. The summed E-state index contributed by atoms with van der Waals surface area (Å²) in [6, 6.07) is 12.0. The van der Waals surface area contributed by atoms with Crippen LogP contribution < -0.4 is 4.74 Å². The normalized spacial score (nSPS) is 13.7. The van der Waals surface area contributed by atoms with Crippen LogP contribution in [-0.4, -0.2) is 28.9 Å². The maximum Gasteiger partial charge on any atom is 0.227 e. The molecular formula is C18H20N2O2. The van der Waals surface area contributed by atoms with Crippen molar-refractivity contribution >= 4 is 5.91 Å². The van der Waals surface area contributed by atoms with Crippen molar-refractivity contribution < 1.29 is 9.53 Å². The molecule has 1 fully saturated rings. The number of hydrogen-bond acceptors (Lipinski definition) is 3. The lowest BCUT2D eigenvalue weighted by Crippen LogP contribution is -2.33. The van der Waals surface area contributed by atoms with Crippen LogP contribution in [0.1, 0.15) is 24.0 Å². The molecule has 1 aliphatic rings. The number of pyridine rings is 1. The van der Waals surface area contributed by atoms with Crippen LogP contribution in [0.5, 0.6) is 5.75 Å². The Hall–Kier alpha value is -2.36. The van der Waals surface area contributed by atoms with Crippen LogP contribution in [0.3, 0.4) is 0 Å². The van der Waals surface area contributed by atoms with Gasteiger partial charge in [-0.15, -0.1) is 0 Å². The molecule has 114 valence electrons. The molecule has 1 amide bonds. The summed E-state index contributed by atoms with van der Waals surface area (Å²) < 4.78 is 5.34. The van der Waals surface area contributed by atoms with E-state index >= 15 is 0 Å². The number of rotatable bonds is 6. The number of nitrogens with zero attached hydrogens (tertiary/aromatic N) is 2. The minimum atomic E-state index is 0.156.